The van der Waals surface area contributed by atoms with Crippen LogP contribution in [-0.4, -0.2) is 53.1 Å². The number of ether oxygens (including phenoxy) is 1. The second-order valence-electron chi connectivity index (χ2n) is 7.35. The molecule has 0 aromatic heterocycles. The molecule has 1 N–H and O–H groups in total. The minimum Gasteiger partial charge on any atom is -0.481 e. The van der Waals surface area contributed by atoms with E-state index < -0.39 is 16.3 Å². The molecular weight excluding hydrogens is 340 g/mol. The maximum absolute atomic E-state index is 12.9. The predicted molar refractivity (Wildman–Crippen MR) is 92.1 cm³/mol. The molecule has 2 atom stereocenters. The first-order valence-corrected chi connectivity index (χ1v) is 8.65. The number of carboxylic acids is 1. The molecule has 1 aromatic rings. The number of amides is 1. The van der Waals surface area contributed by atoms with Gasteiger partial charge in [-0.25, -0.2) is 0 Å². The fourth-order valence-electron chi connectivity index (χ4n) is 3.96. The van der Waals surface area contributed by atoms with Crippen molar-refractivity contribution < 1.29 is 24.4 Å². The molecule has 2 fully saturated rings. The van der Waals surface area contributed by atoms with E-state index in [1.54, 1.807) is 12.1 Å². The first-order chi connectivity index (χ1) is 12.3. The summed E-state index contributed by atoms with van der Waals surface area (Å²) < 4.78 is 5.39. The molecule has 0 bridgehead atoms. The second kappa shape index (κ2) is 6.68. The Hall–Kier alpha value is -2.48. The maximum Gasteiger partial charge on any atom is 0.311 e. The van der Waals surface area contributed by atoms with Crippen LogP contribution >= 0.6 is 0 Å². The Labute approximate surface area is 150 Å². The molecule has 8 heteroatoms. The average Bonchev–Trinajstić information content (AvgIpc) is 3.01. The van der Waals surface area contributed by atoms with Gasteiger partial charge in [0.1, 0.15) is 0 Å². The fourth-order valence-corrected chi connectivity index (χ4v) is 3.96. The number of nitrogens with zero attached hydrogens (tertiary/aromatic N) is 2. The third-order valence-electron chi connectivity index (χ3n) is 5.52. The van der Waals surface area contributed by atoms with Gasteiger partial charge in [-0.15, -0.1) is 0 Å². The predicted octanol–water partition coefficient (Wildman–Crippen LogP) is 2.28. The van der Waals surface area contributed by atoms with Crippen LogP contribution in [0.1, 0.15) is 42.1 Å². The number of nitro groups is 1. The van der Waals surface area contributed by atoms with Crippen LogP contribution in [0.5, 0.6) is 0 Å². The number of nitro benzene ring substituents is 1. The van der Waals surface area contributed by atoms with Crippen molar-refractivity contribution in [1.82, 2.24) is 4.90 Å². The van der Waals surface area contributed by atoms with Gasteiger partial charge < -0.3 is 14.7 Å². The maximum atomic E-state index is 12.9. The highest BCUT2D eigenvalue weighted by atomic mass is 16.6. The zero-order valence-corrected chi connectivity index (χ0v) is 14.8. The van der Waals surface area contributed by atoms with E-state index >= 15 is 0 Å². The van der Waals surface area contributed by atoms with Crippen LogP contribution in [0.3, 0.4) is 0 Å². The molecule has 1 aromatic carbocycles. The second-order valence-corrected chi connectivity index (χ2v) is 7.35. The number of hydrogen-bond acceptors (Lipinski definition) is 5. The smallest absolute Gasteiger partial charge is 0.311 e. The Balaban J connectivity index is 1.89. The van der Waals surface area contributed by atoms with E-state index in [9.17, 15) is 24.8 Å². The summed E-state index contributed by atoms with van der Waals surface area (Å²) in [5.41, 5.74) is -0.297. The van der Waals surface area contributed by atoms with E-state index in [0.29, 0.717) is 25.2 Å². The Morgan fingerprint density at radius 3 is 2.73 bits per heavy atom. The van der Waals surface area contributed by atoms with Gasteiger partial charge in [0, 0.05) is 42.8 Å². The van der Waals surface area contributed by atoms with Crippen LogP contribution in [0.2, 0.25) is 0 Å². The number of benzene rings is 1. The van der Waals surface area contributed by atoms with Gasteiger partial charge in [-0.05, 0) is 18.4 Å². The number of hydrogen-bond donors (Lipinski definition) is 1. The number of likely N-dealkylation sites (tertiary alicyclic amines) is 1. The van der Waals surface area contributed by atoms with E-state index in [4.69, 9.17) is 4.74 Å². The van der Waals surface area contributed by atoms with Gasteiger partial charge in [-0.1, -0.05) is 19.9 Å². The standard InChI is InChI=1S/C18H22N2O6/c1-11(2)14-4-3-12(7-15(14)20(24)25)16(21)19-8-13-9-26-6-5-18(13,10-19)17(22)23/h3-4,7,11,13H,5-6,8-10H2,1-2H3,(H,22,23)/t13-,18+/m0/s1. The minimum absolute atomic E-state index is 0.0402. The topological polar surface area (TPSA) is 110 Å². The molecule has 2 saturated heterocycles. The number of aliphatic carboxylic acids is 1. The molecule has 0 saturated carbocycles. The van der Waals surface area contributed by atoms with Crippen molar-refractivity contribution in [1.29, 1.82) is 0 Å². The third kappa shape index (κ3) is 2.94. The molecule has 0 aliphatic carbocycles. The molecule has 2 aliphatic rings. The normalized spacial score (nSPS) is 25.2. The van der Waals surface area contributed by atoms with Crippen molar-refractivity contribution in [2.45, 2.75) is 26.2 Å². The van der Waals surface area contributed by atoms with Crippen LogP contribution in [0.4, 0.5) is 5.69 Å². The zero-order chi connectivity index (χ0) is 19.1. The number of carboxylic acid groups (broad SMARTS) is 1. The Morgan fingerprint density at radius 1 is 1.42 bits per heavy atom. The highest BCUT2D eigenvalue weighted by Gasteiger charge is 2.55. The van der Waals surface area contributed by atoms with E-state index in [1.165, 1.54) is 11.0 Å². The van der Waals surface area contributed by atoms with Crippen LogP contribution in [-0.2, 0) is 9.53 Å². The van der Waals surface area contributed by atoms with E-state index in [0.717, 1.165) is 0 Å². The Kier molecular flexibility index (Phi) is 4.70. The lowest BCUT2D eigenvalue weighted by Gasteiger charge is -2.33. The minimum atomic E-state index is -0.988. The average molecular weight is 362 g/mol. The van der Waals surface area contributed by atoms with Crippen LogP contribution in [0, 0.1) is 21.4 Å². The lowest BCUT2D eigenvalue weighted by molar-refractivity contribution is -0.385. The van der Waals surface area contributed by atoms with Gasteiger partial charge in [0.15, 0.2) is 0 Å². The van der Waals surface area contributed by atoms with Crippen molar-refractivity contribution in [3.63, 3.8) is 0 Å². The summed E-state index contributed by atoms with van der Waals surface area (Å²) >= 11 is 0. The molecule has 2 aliphatic heterocycles. The van der Waals surface area contributed by atoms with Gasteiger partial charge in [0.05, 0.1) is 16.9 Å². The quantitative estimate of drug-likeness (QED) is 0.650. The monoisotopic (exact) mass is 362 g/mol. The lowest BCUT2D eigenvalue weighted by Crippen LogP contribution is -2.45. The molecular formula is C18H22N2O6. The van der Waals surface area contributed by atoms with Crippen molar-refractivity contribution in [3.8, 4) is 0 Å². The summed E-state index contributed by atoms with van der Waals surface area (Å²) in [4.78, 5) is 37.1. The first-order valence-electron chi connectivity index (χ1n) is 8.65. The van der Waals surface area contributed by atoms with Crippen molar-refractivity contribution in [3.05, 3.63) is 39.4 Å². The Morgan fingerprint density at radius 2 is 2.15 bits per heavy atom. The van der Waals surface area contributed by atoms with Crippen molar-refractivity contribution in [2.24, 2.45) is 11.3 Å². The largest absolute Gasteiger partial charge is 0.481 e. The van der Waals surface area contributed by atoms with Gasteiger partial charge in [-0.3, -0.25) is 19.7 Å². The number of rotatable bonds is 4. The van der Waals surface area contributed by atoms with E-state index in [2.05, 4.69) is 0 Å². The van der Waals surface area contributed by atoms with Crippen LogP contribution < -0.4 is 0 Å². The van der Waals surface area contributed by atoms with Crippen LogP contribution in [0.15, 0.2) is 18.2 Å². The number of fused-ring (bicyclic) bond motifs is 1. The summed E-state index contributed by atoms with van der Waals surface area (Å²) in [5.74, 6) is -1.59. The molecule has 8 nitrogen and oxygen atoms in total. The third-order valence-corrected chi connectivity index (χ3v) is 5.52. The van der Waals surface area contributed by atoms with Gasteiger partial charge in [0.2, 0.25) is 0 Å². The molecule has 3 rings (SSSR count). The molecule has 0 unspecified atom stereocenters. The summed E-state index contributed by atoms with van der Waals surface area (Å²) in [5, 5.41) is 21.1. The summed E-state index contributed by atoms with van der Waals surface area (Å²) in [6.45, 7) is 4.76. The van der Waals surface area contributed by atoms with Gasteiger partial charge in [0.25, 0.3) is 11.6 Å². The summed E-state index contributed by atoms with van der Waals surface area (Å²) in [6, 6.07) is 4.48. The summed E-state index contributed by atoms with van der Waals surface area (Å²) in [6.07, 6.45) is 0.364. The number of carbonyl (C=O) groups is 2. The lowest BCUT2D eigenvalue weighted by atomic mass is 9.74. The first kappa shape index (κ1) is 18.3. The highest BCUT2D eigenvalue weighted by Crippen LogP contribution is 2.43. The molecule has 2 heterocycles. The fraction of sp³-hybridized carbons (Fsp3) is 0.556. The SMILES string of the molecule is CC(C)c1ccc(C(=O)N2C[C@H]3COCC[C@@]3(C(=O)O)C2)cc1[N+](=O)[O-]. The van der Waals surface area contributed by atoms with E-state index in [-0.39, 0.29) is 42.1 Å². The van der Waals surface area contributed by atoms with Gasteiger partial charge >= 0.3 is 5.97 Å². The molecule has 1 amide bonds. The Bertz CT molecular complexity index is 762. The highest BCUT2D eigenvalue weighted by molar-refractivity contribution is 5.96. The van der Waals surface area contributed by atoms with Crippen LogP contribution in [0.25, 0.3) is 0 Å². The van der Waals surface area contributed by atoms with Crippen molar-refractivity contribution in [2.75, 3.05) is 26.3 Å². The van der Waals surface area contributed by atoms with Crippen molar-refractivity contribution >= 4 is 17.6 Å². The molecule has 0 radical (unpaired) electrons. The molecule has 140 valence electrons. The van der Waals surface area contributed by atoms with Gasteiger partial charge in [-0.2, -0.15) is 0 Å². The van der Waals surface area contributed by atoms with E-state index in [1.807, 2.05) is 13.8 Å². The summed E-state index contributed by atoms with van der Waals surface area (Å²) in [7, 11) is 0. The molecule has 26 heavy (non-hydrogen) atoms. The number of carbonyl (C=O) groups excluding carboxylic acids is 1. The molecule has 0 spiro atoms. The zero-order valence-electron chi connectivity index (χ0n) is 14.8.